The summed E-state index contributed by atoms with van der Waals surface area (Å²) in [7, 11) is 1.64. The smallest absolute Gasteiger partial charge is 0.422 e. The highest BCUT2D eigenvalue weighted by Gasteiger charge is 2.28. The third-order valence-electron chi connectivity index (χ3n) is 3.36. The van der Waals surface area contributed by atoms with Crippen molar-refractivity contribution in [2.45, 2.75) is 19.1 Å². The number of pyridine rings is 2. The maximum Gasteiger partial charge on any atom is 0.422 e. The van der Waals surface area contributed by atoms with Crippen molar-refractivity contribution in [3.05, 3.63) is 52.9 Å². The van der Waals surface area contributed by atoms with Crippen LogP contribution in [0, 0.1) is 0 Å². The Hall–Kier alpha value is -1.82. The predicted octanol–water partition coefficient (Wildman–Crippen LogP) is 3.60. The van der Waals surface area contributed by atoms with Crippen molar-refractivity contribution in [3.8, 4) is 5.88 Å². The molecule has 0 aliphatic carbocycles. The Morgan fingerprint density at radius 3 is 2.39 bits per heavy atom. The highest BCUT2D eigenvalue weighted by molar-refractivity contribution is 14.0. The molecule has 0 atom stereocenters. The quantitative estimate of drug-likeness (QED) is 0.248. The molecule has 2 aromatic rings. The molecule has 0 aliphatic rings. The molecule has 0 bridgehead atoms. The van der Waals surface area contributed by atoms with E-state index >= 15 is 0 Å². The van der Waals surface area contributed by atoms with Gasteiger partial charge in [-0.15, -0.1) is 24.0 Å². The number of hydrogen-bond acceptors (Lipinski definition) is 4. The van der Waals surface area contributed by atoms with Crippen LogP contribution in [0.3, 0.4) is 0 Å². The molecular weight excluding hydrogens is 510 g/mol. The van der Waals surface area contributed by atoms with Crippen molar-refractivity contribution < 1.29 is 17.9 Å². The molecule has 2 N–H and O–H groups in total. The standard InChI is InChI=1S/C17H19ClF3N5O.HI/c1-22-16(23-7-6-12-2-4-14(18)24-8-12)26-10-13-3-5-15(25-9-13)27-11-17(19,20)21;/h2-5,8-9H,6-7,10-11H2,1H3,(H2,22,23,26);1H. The topological polar surface area (TPSA) is 71.4 Å². The number of nitrogens with zero attached hydrogens (tertiary/aromatic N) is 3. The minimum atomic E-state index is -4.39. The number of alkyl halides is 3. The van der Waals surface area contributed by atoms with Crippen LogP contribution in [0.4, 0.5) is 13.2 Å². The molecule has 0 aliphatic heterocycles. The molecule has 0 fully saturated rings. The van der Waals surface area contributed by atoms with E-state index in [2.05, 4.69) is 30.3 Å². The van der Waals surface area contributed by atoms with E-state index in [9.17, 15) is 13.2 Å². The van der Waals surface area contributed by atoms with E-state index in [-0.39, 0.29) is 29.9 Å². The Labute approximate surface area is 183 Å². The second-order valence-corrected chi connectivity index (χ2v) is 5.89. The largest absolute Gasteiger partial charge is 0.468 e. The molecule has 0 aromatic carbocycles. The summed E-state index contributed by atoms with van der Waals surface area (Å²) < 4.78 is 40.9. The van der Waals surface area contributed by atoms with Crippen LogP contribution < -0.4 is 15.4 Å². The lowest BCUT2D eigenvalue weighted by atomic mass is 10.2. The zero-order chi connectivity index (χ0) is 19.7. The molecule has 6 nitrogen and oxygen atoms in total. The zero-order valence-electron chi connectivity index (χ0n) is 15.0. The van der Waals surface area contributed by atoms with Gasteiger partial charge in [-0.1, -0.05) is 23.7 Å². The summed E-state index contributed by atoms with van der Waals surface area (Å²) in [6.07, 6.45) is -0.473. The van der Waals surface area contributed by atoms with Crippen molar-refractivity contribution in [1.82, 2.24) is 20.6 Å². The Balaban J connectivity index is 0.00000392. The van der Waals surface area contributed by atoms with E-state index in [0.717, 1.165) is 17.5 Å². The number of hydrogen-bond donors (Lipinski definition) is 2. The first-order chi connectivity index (χ1) is 12.9. The lowest BCUT2D eigenvalue weighted by Gasteiger charge is -2.12. The van der Waals surface area contributed by atoms with Crippen LogP contribution >= 0.6 is 35.6 Å². The monoisotopic (exact) mass is 529 g/mol. The Morgan fingerprint density at radius 1 is 1.11 bits per heavy atom. The van der Waals surface area contributed by atoms with Gasteiger partial charge in [-0.25, -0.2) is 9.97 Å². The van der Waals surface area contributed by atoms with E-state index in [1.165, 1.54) is 12.3 Å². The van der Waals surface area contributed by atoms with Crippen LogP contribution in [0.25, 0.3) is 0 Å². The van der Waals surface area contributed by atoms with Crippen LogP contribution in [-0.2, 0) is 13.0 Å². The molecule has 2 rings (SSSR count). The van der Waals surface area contributed by atoms with Crippen LogP contribution in [0.5, 0.6) is 5.88 Å². The highest BCUT2D eigenvalue weighted by atomic mass is 127. The van der Waals surface area contributed by atoms with Gasteiger partial charge in [0.15, 0.2) is 12.6 Å². The van der Waals surface area contributed by atoms with Crippen molar-refractivity contribution >= 4 is 41.5 Å². The van der Waals surface area contributed by atoms with Gasteiger partial charge in [0.05, 0.1) is 0 Å². The summed E-state index contributed by atoms with van der Waals surface area (Å²) in [6, 6.07) is 6.67. The van der Waals surface area contributed by atoms with Crippen LogP contribution in [-0.4, -0.2) is 42.3 Å². The van der Waals surface area contributed by atoms with Crippen LogP contribution in [0.1, 0.15) is 11.1 Å². The van der Waals surface area contributed by atoms with E-state index in [1.807, 2.05) is 6.07 Å². The van der Waals surface area contributed by atoms with Gasteiger partial charge in [-0.2, -0.15) is 13.2 Å². The molecule has 0 saturated carbocycles. The molecule has 2 aromatic heterocycles. The van der Waals surface area contributed by atoms with Gasteiger partial charge in [0, 0.05) is 38.6 Å². The first kappa shape index (κ1) is 24.2. The van der Waals surface area contributed by atoms with E-state index in [4.69, 9.17) is 11.6 Å². The first-order valence-electron chi connectivity index (χ1n) is 8.05. The number of aliphatic imine (C=N–C) groups is 1. The van der Waals surface area contributed by atoms with Gasteiger partial charge >= 0.3 is 6.18 Å². The molecule has 0 radical (unpaired) electrons. The summed E-state index contributed by atoms with van der Waals surface area (Å²) in [5.41, 5.74) is 1.82. The summed E-state index contributed by atoms with van der Waals surface area (Å²) in [6.45, 7) is -0.308. The minimum absolute atomic E-state index is 0. The number of ether oxygens (including phenoxy) is 1. The van der Waals surface area contributed by atoms with Gasteiger partial charge in [-0.05, 0) is 23.6 Å². The Bertz CT molecular complexity index is 742. The summed E-state index contributed by atoms with van der Waals surface area (Å²) >= 11 is 5.75. The van der Waals surface area contributed by atoms with Crippen LogP contribution in [0.15, 0.2) is 41.7 Å². The maximum absolute atomic E-state index is 12.1. The summed E-state index contributed by atoms with van der Waals surface area (Å²) in [4.78, 5) is 12.0. The fourth-order valence-corrected chi connectivity index (χ4v) is 2.15. The number of aromatic nitrogens is 2. The Kier molecular flexibility index (Phi) is 10.3. The minimum Gasteiger partial charge on any atom is -0.468 e. The third-order valence-corrected chi connectivity index (χ3v) is 3.58. The molecule has 154 valence electrons. The number of nitrogens with one attached hydrogen (secondary N) is 2. The molecule has 28 heavy (non-hydrogen) atoms. The summed E-state index contributed by atoms with van der Waals surface area (Å²) in [5.74, 6) is 0.518. The van der Waals surface area contributed by atoms with Crippen molar-refractivity contribution in [1.29, 1.82) is 0 Å². The van der Waals surface area contributed by atoms with E-state index in [0.29, 0.717) is 24.2 Å². The lowest BCUT2D eigenvalue weighted by molar-refractivity contribution is -0.154. The molecule has 2 heterocycles. The van der Waals surface area contributed by atoms with Gasteiger partial charge in [-0.3, -0.25) is 4.99 Å². The average molecular weight is 530 g/mol. The zero-order valence-corrected chi connectivity index (χ0v) is 18.0. The molecule has 0 unspecified atom stereocenters. The van der Waals surface area contributed by atoms with Crippen molar-refractivity contribution in [3.63, 3.8) is 0 Å². The number of guanidine groups is 1. The highest BCUT2D eigenvalue weighted by Crippen LogP contribution is 2.17. The predicted molar refractivity (Wildman–Crippen MR) is 112 cm³/mol. The lowest BCUT2D eigenvalue weighted by Crippen LogP contribution is -2.37. The number of rotatable bonds is 7. The molecular formula is C17H20ClF3IN5O. The molecule has 11 heteroatoms. The molecule has 0 amide bonds. The maximum atomic E-state index is 12.1. The second kappa shape index (κ2) is 11.9. The molecule has 0 spiro atoms. The fourth-order valence-electron chi connectivity index (χ4n) is 2.04. The van der Waals surface area contributed by atoms with Gasteiger partial charge in [0.1, 0.15) is 5.15 Å². The second-order valence-electron chi connectivity index (χ2n) is 5.50. The molecule has 0 saturated heterocycles. The van der Waals surface area contributed by atoms with Gasteiger partial charge in [0.2, 0.25) is 5.88 Å². The van der Waals surface area contributed by atoms with E-state index < -0.39 is 12.8 Å². The normalized spacial score (nSPS) is 11.5. The average Bonchev–Trinajstić information content (AvgIpc) is 2.64. The summed E-state index contributed by atoms with van der Waals surface area (Å²) in [5, 5.41) is 6.71. The number of halogens is 5. The SMILES string of the molecule is CN=C(NCCc1ccc(Cl)nc1)NCc1ccc(OCC(F)(F)F)nc1.I. The third kappa shape index (κ3) is 9.40. The van der Waals surface area contributed by atoms with Crippen molar-refractivity contribution in [2.75, 3.05) is 20.2 Å². The van der Waals surface area contributed by atoms with Crippen LogP contribution in [0.2, 0.25) is 5.15 Å². The van der Waals surface area contributed by atoms with E-state index in [1.54, 1.807) is 25.4 Å². The first-order valence-corrected chi connectivity index (χ1v) is 8.43. The van der Waals surface area contributed by atoms with Crippen molar-refractivity contribution in [2.24, 2.45) is 4.99 Å². The fraction of sp³-hybridized carbons (Fsp3) is 0.353. The van der Waals surface area contributed by atoms with Gasteiger partial charge in [0.25, 0.3) is 0 Å². The Morgan fingerprint density at radius 2 is 1.82 bits per heavy atom. The van der Waals surface area contributed by atoms with Gasteiger partial charge < -0.3 is 15.4 Å².